The smallest absolute Gasteiger partial charge is 0.323 e. The Balaban J connectivity index is 1.72. The molecule has 0 aliphatic heterocycles. The van der Waals surface area contributed by atoms with E-state index in [2.05, 4.69) is 19.1 Å². The predicted molar refractivity (Wildman–Crippen MR) is 78.2 cm³/mol. The Kier molecular flexibility index (Phi) is 4.94. The van der Waals surface area contributed by atoms with Gasteiger partial charge in [0, 0.05) is 0 Å². The van der Waals surface area contributed by atoms with Crippen LogP contribution in [-0.2, 0) is 9.53 Å². The Hall–Kier alpha value is -0.500. The average Bonchev–Trinajstić information content (AvgIpc) is 2.94. The normalized spacial score (nSPS) is 34.3. The molecule has 0 heterocycles. The van der Waals surface area contributed by atoms with Crippen molar-refractivity contribution in [3.8, 4) is 0 Å². The summed E-state index contributed by atoms with van der Waals surface area (Å²) in [4.78, 5) is 11.3. The van der Waals surface area contributed by atoms with Gasteiger partial charge in [0.2, 0.25) is 0 Å². The summed E-state index contributed by atoms with van der Waals surface area (Å²) in [5.41, 5.74) is 0.492. The minimum absolute atomic E-state index is 0.293. The highest BCUT2D eigenvalue weighted by Crippen LogP contribution is 2.56. The minimum Gasteiger partial charge on any atom is -0.465 e. The fraction of sp³-hybridized carbons (Fsp3) is 0.812. The van der Waals surface area contributed by atoms with Gasteiger partial charge in [-0.3, -0.25) is 4.79 Å². The van der Waals surface area contributed by atoms with Crippen LogP contribution in [0.15, 0.2) is 12.2 Å². The molecule has 1 fully saturated rings. The summed E-state index contributed by atoms with van der Waals surface area (Å²) in [7, 11) is 0. The molecule has 0 aromatic carbocycles. The fourth-order valence-electron chi connectivity index (χ4n) is 3.93. The molecular formula is C16H25ClO2. The molecule has 0 bridgehead atoms. The van der Waals surface area contributed by atoms with Crippen LogP contribution in [0.3, 0.4) is 0 Å². The quantitative estimate of drug-likeness (QED) is 0.314. The highest BCUT2D eigenvalue weighted by atomic mass is 35.5. The maximum absolute atomic E-state index is 11.3. The molecule has 0 amide bonds. The van der Waals surface area contributed by atoms with Gasteiger partial charge in [0.25, 0.3) is 0 Å². The maximum Gasteiger partial charge on any atom is 0.323 e. The molecule has 4 unspecified atom stereocenters. The molecule has 2 aliphatic carbocycles. The van der Waals surface area contributed by atoms with Crippen LogP contribution >= 0.6 is 11.6 Å². The summed E-state index contributed by atoms with van der Waals surface area (Å²) in [5, 5.41) is -0.529. The Morgan fingerprint density at radius 1 is 1.58 bits per heavy atom. The van der Waals surface area contributed by atoms with Crippen molar-refractivity contribution in [1.82, 2.24) is 0 Å². The van der Waals surface area contributed by atoms with Crippen molar-refractivity contribution in [2.24, 2.45) is 17.3 Å². The van der Waals surface area contributed by atoms with Crippen molar-refractivity contribution in [3.63, 3.8) is 0 Å². The number of alkyl halides is 1. The first kappa shape index (κ1) is 14.9. The minimum atomic E-state index is -0.529. The SMILES string of the molecule is CCC12C=CCC1C(CCCOC(=O)C(C)Cl)CC2. The molecule has 3 heteroatoms. The first-order chi connectivity index (χ1) is 9.09. The van der Waals surface area contributed by atoms with Crippen molar-refractivity contribution in [1.29, 1.82) is 0 Å². The van der Waals surface area contributed by atoms with Gasteiger partial charge in [0.1, 0.15) is 5.38 Å². The van der Waals surface area contributed by atoms with E-state index in [4.69, 9.17) is 16.3 Å². The lowest BCUT2D eigenvalue weighted by molar-refractivity contribution is -0.143. The lowest BCUT2D eigenvalue weighted by Crippen LogP contribution is -2.22. The second-order valence-electron chi connectivity index (χ2n) is 6.06. The number of carbonyl (C=O) groups excluding carboxylic acids is 1. The number of fused-ring (bicyclic) bond motifs is 1. The van der Waals surface area contributed by atoms with E-state index in [1.54, 1.807) is 6.92 Å². The largest absolute Gasteiger partial charge is 0.465 e. The van der Waals surface area contributed by atoms with Gasteiger partial charge in [-0.2, -0.15) is 0 Å². The fourth-order valence-corrected chi connectivity index (χ4v) is 3.99. The van der Waals surface area contributed by atoms with Crippen LogP contribution in [-0.4, -0.2) is 18.0 Å². The van der Waals surface area contributed by atoms with Gasteiger partial charge in [-0.15, -0.1) is 11.6 Å². The lowest BCUT2D eigenvalue weighted by atomic mass is 9.75. The zero-order chi connectivity index (χ0) is 13.9. The van der Waals surface area contributed by atoms with Gasteiger partial charge in [-0.25, -0.2) is 0 Å². The van der Waals surface area contributed by atoms with Gasteiger partial charge >= 0.3 is 5.97 Å². The molecule has 19 heavy (non-hydrogen) atoms. The molecule has 0 radical (unpaired) electrons. The number of ether oxygens (including phenoxy) is 1. The highest BCUT2D eigenvalue weighted by molar-refractivity contribution is 6.29. The molecule has 2 aliphatic rings. The second-order valence-corrected chi connectivity index (χ2v) is 6.71. The molecule has 0 aromatic rings. The monoisotopic (exact) mass is 284 g/mol. The highest BCUT2D eigenvalue weighted by Gasteiger charge is 2.46. The molecule has 0 aromatic heterocycles. The van der Waals surface area contributed by atoms with E-state index in [1.165, 1.54) is 32.1 Å². The lowest BCUT2D eigenvalue weighted by Gasteiger charge is -2.29. The summed E-state index contributed by atoms with van der Waals surface area (Å²) in [6.07, 6.45) is 12.2. The van der Waals surface area contributed by atoms with E-state index in [9.17, 15) is 4.79 Å². The number of allylic oxidation sites excluding steroid dienone is 2. The number of rotatable bonds is 6. The number of hydrogen-bond donors (Lipinski definition) is 0. The van der Waals surface area contributed by atoms with E-state index in [0.29, 0.717) is 12.0 Å². The van der Waals surface area contributed by atoms with Gasteiger partial charge in [0.15, 0.2) is 0 Å². The van der Waals surface area contributed by atoms with Crippen molar-refractivity contribution < 1.29 is 9.53 Å². The molecule has 0 spiro atoms. The van der Waals surface area contributed by atoms with E-state index < -0.39 is 5.38 Å². The van der Waals surface area contributed by atoms with Gasteiger partial charge in [-0.05, 0) is 62.7 Å². The number of halogens is 1. The first-order valence-electron chi connectivity index (χ1n) is 7.57. The zero-order valence-corrected chi connectivity index (χ0v) is 12.8. The number of hydrogen-bond acceptors (Lipinski definition) is 2. The standard InChI is InChI=1S/C16H25ClO2/c1-3-16-9-4-7-14(16)13(8-10-16)6-5-11-19-15(18)12(2)17/h4,9,12-14H,3,5-8,10-11H2,1-2H3. The summed E-state index contributed by atoms with van der Waals surface area (Å²) >= 11 is 5.66. The van der Waals surface area contributed by atoms with Crippen LogP contribution in [0.2, 0.25) is 0 Å². The number of carbonyl (C=O) groups is 1. The second kappa shape index (κ2) is 6.30. The van der Waals surface area contributed by atoms with Crippen molar-refractivity contribution in [2.45, 2.75) is 57.7 Å². The molecule has 0 saturated heterocycles. The van der Waals surface area contributed by atoms with Gasteiger partial charge < -0.3 is 4.74 Å². The molecule has 108 valence electrons. The van der Waals surface area contributed by atoms with Crippen LogP contribution in [0.1, 0.15) is 52.4 Å². The number of esters is 1. The van der Waals surface area contributed by atoms with E-state index >= 15 is 0 Å². The summed E-state index contributed by atoms with van der Waals surface area (Å²) in [6.45, 7) is 4.49. The van der Waals surface area contributed by atoms with E-state index in [0.717, 1.165) is 18.3 Å². The van der Waals surface area contributed by atoms with Crippen LogP contribution in [0.5, 0.6) is 0 Å². The Morgan fingerprint density at radius 3 is 3.05 bits per heavy atom. The first-order valence-corrected chi connectivity index (χ1v) is 8.01. The molecule has 1 saturated carbocycles. The third-order valence-corrected chi connectivity index (χ3v) is 5.25. The predicted octanol–water partition coefficient (Wildman–Crippen LogP) is 4.32. The Morgan fingerprint density at radius 2 is 2.37 bits per heavy atom. The molecule has 0 N–H and O–H groups in total. The summed E-state index contributed by atoms with van der Waals surface area (Å²) < 4.78 is 5.14. The molecule has 2 nitrogen and oxygen atoms in total. The molecule has 2 rings (SSSR count). The van der Waals surface area contributed by atoms with Crippen molar-refractivity contribution in [2.75, 3.05) is 6.61 Å². The zero-order valence-electron chi connectivity index (χ0n) is 12.0. The third kappa shape index (κ3) is 3.16. The topological polar surface area (TPSA) is 26.3 Å². The average molecular weight is 285 g/mol. The Bertz CT molecular complexity index is 351. The van der Waals surface area contributed by atoms with Crippen LogP contribution in [0, 0.1) is 17.3 Å². The van der Waals surface area contributed by atoms with Gasteiger partial charge in [0.05, 0.1) is 6.61 Å². The van der Waals surface area contributed by atoms with E-state index in [1.807, 2.05) is 0 Å². The van der Waals surface area contributed by atoms with Crippen LogP contribution in [0.4, 0.5) is 0 Å². The summed E-state index contributed by atoms with van der Waals surface area (Å²) in [5.74, 6) is 1.35. The van der Waals surface area contributed by atoms with Crippen molar-refractivity contribution in [3.05, 3.63) is 12.2 Å². The third-order valence-electron chi connectivity index (χ3n) is 5.07. The van der Waals surface area contributed by atoms with Gasteiger partial charge in [-0.1, -0.05) is 19.1 Å². The Labute approximate surface area is 121 Å². The van der Waals surface area contributed by atoms with Crippen molar-refractivity contribution >= 4 is 17.6 Å². The van der Waals surface area contributed by atoms with Crippen LogP contribution in [0.25, 0.3) is 0 Å². The van der Waals surface area contributed by atoms with E-state index in [-0.39, 0.29) is 5.97 Å². The maximum atomic E-state index is 11.3. The molecule has 4 atom stereocenters. The molecular weight excluding hydrogens is 260 g/mol. The summed E-state index contributed by atoms with van der Waals surface area (Å²) in [6, 6.07) is 0. The van der Waals surface area contributed by atoms with Crippen LogP contribution < -0.4 is 0 Å².